The number of aryl methyl sites for hydroxylation is 3. The Balaban J connectivity index is 2.02. The first kappa shape index (κ1) is 11.1. The lowest BCUT2D eigenvalue weighted by atomic mass is 10.2. The van der Waals surface area contributed by atoms with Gasteiger partial charge in [-0.25, -0.2) is 4.98 Å². The first-order valence-electron chi connectivity index (χ1n) is 5.19. The monoisotopic (exact) mass is 238 g/mol. The van der Waals surface area contributed by atoms with E-state index in [1.807, 2.05) is 20.8 Å². The summed E-state index contributed by atoms with van der Waals surface area (Å²) in [5.74, 6) is 1.73. The summed E-state index contributed by atoms with van der Waals surface area (Å²) >= 11 is 1.38. The number of hydrogen-bond acceptors (Lipinski definition) is 6. The van der Waals surface area contributed by atoms with Crippen LogP contribution in [0, 0.1) is 13.8 Å². The standard InChI is InChI=1S/C10H14N4OS/c1-4-9-12-10(16-14-9)11-5-8-6(2)13-15-7(8)3/h4-5H2,1-3H3,(H,11,12,14). The quantitative estimate of drug-likeness (QED) is 0.885. The summed E-state index contributed by atoms with van der Waals surface area (Å²) in [7, 11) is 0. The van der Waals surface area contributed by atoms with Crippen LogP contribution in [0.3, 0.4) is 0 Å². The second-order valence-electron chi connectivity index (χ2n) is 3.53. The van der Waals surface area contributed by atoms with Crippen molar-refractivity contribution in [1.82, 2.24) is 14.5 Å². The van der Waals surface area contributed by atoms with Crippen LogP contribution < -0.4 is 5.32 Å². The van der Waals surface area contributed by atoms with Crippen molar-refractivity contribution in [2.24, 2.45) is 0 Å². The molecule has 2 rings (SSSR count). The van der Waals surface area contributed by atoms with Crippen molar-refractivity contribution in [2.45, 2.75) is 33.7 Å². The highest BCUT2D eigenvalue weighted by atomic mass is 32.1. The topological polar surface area (TPSA) is 63.8 Å². The van der Waals surface area contributed by atoms with Gasteiger partial charge in [0.05, 0.1) is 5.69 Å². The minimum Gasteiger partial charge on any atom is -0.361 e. The molecule has 0 fully saturated rings. The zero-order valence-electron chi connectivity index (χ0n) is 9.57. The number of nitrogens with one attached hydrogen (secondary N) is 1. The number of rotatable bonds is 4. The fourth-order valence-corrected chi connectivity index (χ4v) is 2.03. The molecule has 0 aliphatic rings. The molecule has 1 N–H and O–H groups in total. The summed E-state index contributed by atoms with van der Waals surface area (Å²) in [4.78, 5) is 4.33. The first-order chi connectivity index (χ1) is 7.70. The lowest BCUT2D eigenvalue weighted by Crippen LogP contribution is -2.01. The van der Waals surface area contributed by atoms with Gasteiger partial charge in [0.2, 0.25) is 5.13 Å². The van der Waals surface area contributed by atoms with E-state index in [2.05, 4.69) is 19.8 Å². The van der Waals surface area contributed by atoms with Gasteiger partial charge in [-0.15, -0.1) is 0 Å². The van der Waals surface area contributed by atoms with E-state index in [1.165, 1.54) is 11.5 Å². The molecular formula is C10H14N4OS. The average Bonchev–Trinajstić information content (AvgIpc) is 2.85. The van der Waals surface area contributed by atoms with Crippen molar-refractivity contribution < 1.29 is 4.52 Å². The van der Waals surface area contributed by atoms with E-state index in [0.29, 0.717) is 6.54 Å². The fraction of sp³-hybridized carbons (Fsp3) is 0.500. The predicted molar refractivity (Wildman–Crippen MR) is 62.6 cm³/mol. The largest absolute Gasteiger partial charge is 0.361 e. The van der Waals surface area contributed by atoms with Crippen LogP contribution in [0.2, 0.25) is 0 Å². The van der Waals surface area contributed by atoms with Crippen molar-refractivity contribution in [2.75, 3.05) is 5.32 Å². The zero-order chi connectivity index (χ0) is 11.5. The summed E-state index contributed by atoms with van der Waals surface area (Å²) in [5, 5.41) is 7.97. The maximum absolute atomic E-state index is 5.09. The van der Waals surface area contributed by atoms with Crippen LogP contribution >= 0.6 is 11.5 Å². The Hall–Kier alpha value is -1.43. The van der Waals surface area contributed by atoms with Crippen molar-refractivity contribution in [1.29, 1.82) is 0 Å². The lowest BCUT2D eigenvalue weighted by Gasteiger charge is -2.00. The van der Waals surface area contributed by atoms with Gasteiger partial charge in [-0.1, -0.05) is 12.1 Å². The highest BCUT2D eigenvalue weighted by molar-refractivity contribution is 7.09. The SMILES string of the molecule is CCc1nsc(NCc2c(C)noc2C)n1. The second kappa shape index (κ2) is 4.61. The van der Waals surface area contributed by atoms with Gasteiger partial charge in [-0.3, -0.25) is 0 Å². The third-order valence-electron chi connectivity index (χ3n) is 2.38. The normalized spacial score (nSPS) is 10.7. The molecule has 0 bridgehead atoms. The molecule has 0 aliphatic carbocycles. The summed E-state index contributed by atoms with van der Waals surface area (Å²) in [6.07, 6.45) is 0.865. The molecule has 0 aliphatic heterocycles. The molecular weight excluding hydrogens is 224 g/mol. The first-order valence-corrected chi connectivity index (χ1v) is 5.96. The Kier molecular flexibility index (Phi) is 3.19. The Bertz CT molecular complexity index is 457. The maximum atomic E-state index is 5.09. The van der Waals surface area contributed by atoms with E-state index in [9.17, 15) is 0 Å². The van der Waals surface area contributed by atoms with Crippen molar-refractivity contribution in [3.05, 3.63) is 22.8 Å². The van der Waals surface area contributed by atoms with E-state index in [-0.39, 0.29) is 0 Å². The Morgan fingerprint density at radius 1 is 1.38 bits per heavy atom. The Morgan fingerprint density at radius 2 is 2.19 bits per heavy atom. The van der Waals surface area contributed by atoms with E-state index in [0.717, 1.165) is 34.4 Å². The molecule has 0 spiro atoms. The number of nitrogens with zero attached hydrogens (tertiary/aromatic N) is 3. The lowest BCUT2D eigenvalue weighted by molar-refractivity contribution is 0.392. The van der Waals surface area contributed by atoms with Gasteiger partial charge in [0.1, 0.15) is 11.6 Å². The highest BCUT2D eigenvalue weighted by Gasteiger charge is 2.09. The average molecular weight is 238 g/mol. The molecule has 0 aromatic carbocycles. The maximum Gasteiger partial charge on any atom is 0.202 e. The van der Waals surface area contributed by atoms with Gasteiger partial charge in [0.25, 0.3) is 0 Å². The molecule has 0 saturated carbocycles. The van der Waals surface area contributed by atoms with Crippen molar-refractivity contribution in [3.8, 4) is 0 Å². The number of hydrogen-bond donors (Lipinski definition) is 1. The van der Waals surface area contributed by atoms with Crippen LogP contribution in [0.1, 0.15) is 29.8 Å². The van der Waals surface area contributed by atoms with Gasteiger partial charge < -0.3 is 9.84 Å². The van der Waals surface area contributed by atoms with Gasteiger partial charge in [0, 0.05) is 30.1 Å². The molecule has 2 aromatic heterocycles. The summed E-state index contributed by atoms with van der Waals surface area (Å²) in [5.41, 5.74) is 2.01. The van der Waals surface area contributed by atoms with E-state index in [4.69, 9.17) is 4.52 Å². The van der Waals surface area contributed by atoms with Crippen molar-refractivity contribution >= 4 is 16.7 Å². The smallest absolute Gasteiger partial charge is 0.202 e. The molecule has 0 saturated heterocycles. The third-order valence-corrected chi connectivity index (χ3v) is 3.09. The van der Waals surface area contributed by atoms with Crippen LogP contribution in [-0.4, -0.2) is 14.5 Å². The predicted octanol–water partition coefficient (Wildman–Crippen LogP) is 2.32. The Morgan fingerprint density at radius 3 is 2.75 bits per heavy atom. The molecule has 5 nitrogen and oxygen atoms in total. The molecule has 0 unspecified atom stereocenters. The molecule has 16 heavy (non-hydrogen) atoms. The molecule has 0 radical (unpaired) electrons. The van der Waals surface area contributed by atoms with Gasteiger partial charge in [-0.2, -0.15) is 4.37 Å². The minimum absolute atomic E-state index is 0.680. The van der Waals surface area contributed by atoms with E-state index < -0.39 is 0 Å². The summed E-state index contributed by atoms with van der Waals surface area (Å²) in [6, 6.07) is 0. The molecule has 0 amide bonds. The van der Waals surface area contributed by atoms with Gasteiger partial charge in [-0.05, 0) is 13.8 Å². The molecule has 2 heterocycles. The highest BCUT2D eigenvalue weighted by Crippen LogP contribution is 2.16. The van der Waals surface area contributed by atoms with E-state index in [1.54, 1.807) is 0 Å². The zero-order valence-corrected chi connectivity index (χ0v) is 10.4. The molecule has 86 valence electrons. The molecule has 0 atom stereocenters. The van der Waals surface area contributed by atoms with Gasteiger partial charge in [0.15, 0.2) is 0 Å². The van der Waals surface area contributed by atoms with Crippen LogP contribution in [0.25, 0.3) is 0 Å². The fourth-order valence-electron chi connectivity index (χ4n) is 1.39. The minimum atomic E-state index is 0.680. The van der Waals surface area contributed by atoms with Crippen LogP contribution in [0.5, 0.6) is 0 Å². The summed E-state index contributed by atoms with van der Waals surface area (Å²) < 4.78 is 9.30. The Labute approximate surface area is 98.0 Å². The summed E-state index contributed by atoms with van der Waals surface area (Å²) in [6.45, 7) is 6.57. The van der Waals surface area contributed by atoms with E-state index >= 15 is 0 Å². The third kappa shape index (κ3) is 2.21. The number of aromatic nitrogens is 3. The molecule has 6 heteroatoms. The van der Waals surface area contributed by atoms with Crippen LogP contribution in [-0.2, 0) is 13.0 Å². The number of anilines is 1. The van der Waals surface area contributed by atoms with Crippen LogP contribution in [0.4, 0.5) is 5.13 Å². The second-order valence-corrected chi connectivity index (χ2v) is 4.28. The molecule has 2 aromatic rings. The van der Waals surface area contributed by atoms with Gasteiger partial charge >= 0.3 is 0 Å². The van der Waals surface area contributed by atoms with Crippen molar-refractivity contribution in [3.63, 3.8) is 0 Å². The van der Waals surface area contributed by atoms with Crippen LogP contribution in [0.15, 0.2) is 4.52 Å².